The number of carboxylic acids is 1. The van der Waals surface area contributed by atoms with Crippen molar-refractivity contribution in [2.75, 3.05) is 4.90 Å². The number of aryl methyl sites for hydroxylation is 1. The molecule has 0 saturated carbocycles. The second kappa shape index (κ2) is 8.51. The molecule has 2 heterocycles. The van der Waals surface area contributed by atoms with Crippen LogP contribution in [0.15, 0.2) is 85.1 Å². The van der Waals surface area contributed by atoms with E-state index in [1.54, 1.807) is 29.3 Å². The molecule has 2 aromatic carbocycles. The first-order valence-corrected chi connectivity index (χ1v) is 9.93. The van der Waals surface area contributed by atoms with Crippen molar-refractivity contribution in [2.45, 2.75) is 19.6 Å². The molecule has 0 fully saturated rings. The molecular formula is C24H21ClN2O3. The van der Waals surface area contributed by atoms with Crippen LogP contribution in [0.1, 0.15) is 11.3 Å². The van der Waals surface area contributed by atoms with E-state index in [-0.39, 0.29) is 0 Å². The standard InChI is InChI=1S/C24H21ClN2O3/c1-17-10-13-23(26-14-6-5-9-20(26)24(28)29)27(17)21-15-19(25)11-12-22(21)30-16-18-7-3-2-4-8-18/h2-15,20H,16H2,1H3,(H,28,29). The molecule has 1 aromatic heterocycles. The molecular weight excluding hydrogens is 400 g/mol. The average Bonchev–Trinajstić information content (AvgIpc) is 3.14. The van der Waals surface area contributed by atoms with E-state index >= 15 is 0 Å². The van der Waals surface area contributed by atoms with Gasteiger partial charge in [0.25, 0.3) is 0 Å². The molecule has 0 radical (unpaired) electrons. The number of ether oxygens (including phenoxy) is 1. The Morgan fingerprint density at radius 1 is 1.10 bits per heavy atom. The summed E-state index contributed by atoms with van der Waals surface area (Å²) in [5.41, 5.74) is 2.74. The fraction of sp³-hybridized carbons (Fsp3) is 0.125. The SMILES string of the molecule is Cc1ccc(N2C=CC=CC2C(=O)O)n1-c1cc(Cl)ccc1OCc1ccccc1. The van der Waals surface area contributed by atoms with Crippen LogP contribution in [-0.2, 0) is 11.4 Å². The van der Waals surface area contributed by atoms with E-state index in [0.29, 0.717) is 23.2 Å². The van der Waals surface area contributed by atoms with Gasteiger partial charge < -0.3 is 14.7 Å². The van der Waals surface area contributed by atoms with E-state index in [2.05, 4.69) is 0 Å². The maximum absolute atomic E-state index is 11.8. The van der Waals surface area contributed by atoms with Crippen LogP contribution in [0.4, 0.5) is 5.82 Å². The van der Waals surface area contributed by atoms with Crippen LogP contribution in [-0.4, -0.2) is 21.7 Å². The van der Waals surface area contributed by atoms with E-state index in [4.69, 9.17) is 16.3 Å². The number of allylic oxidation sites excluding steroid dienone is 2. The second-order valence-corrected chi connectivity index (χ2v) is 7.41. The number of carbonyl (C=O) groups is 1. The van der Waals surface area contributed by atoms with Gasteiger partial charge in [0, 0.05) is 16.9 Å². The van der Waals surface area contributed by atoms with Gasteiger partial charge in [-0.2, -0.15) is 0 Å². The number of anilines is 1. The fourth-order valence-electron chi connectivity index (χ4n) is 3.48. The van der Waals surface area contributed by atoms with Crippen molar-refractivity contribution in [3.8, 4) is 11.4 Å². The van der Waals surface area contributed by atoms with E-state index in [9.17, 15) is 9.90 Å². The largest absolute Gasteiger partial charge is 0.487 e. The third-order valence-electron chi connectivity index (χ3n) is 4.92. The van der Waals surface area contributed by atoms with Crippen LogP contribution in [0.3, 0.4) is 0 Å². The second-order valence-electron chi connectivity index (χ2n) is 6.97. The van der Waals surface area contributed by atoms with Gasteiger partial charge in [0.1, 0.15) is 18.2 Å². The Hall–Kier alpha value is -3.44. The van der Waals surface area contributed by atoms with Crippen LogP contribution in [0.5, 0.6) is 5.75 Å². The summed E-state index contributed by atoms with van der Waals surface area (Å²) in [6, 6.07) is 18.4. The van der Waals surface area contributed by atoms with E-state index in [1.807, 2.05) is 72.2 Å². The van der Waals surface area contributed by atoms with E-state index < -0.39 is 12.0 Å². The van der Waals surface area contributed by atoms with Gasteiger partial charge in [-0.05, 0) is 48.9 Å². The lowest BCUT2D eigenvalue weighted by Gasteiger charge is -2.29. The van der Waals surface area contributed by atoms with Crippen molar-refractivity contribution in [1.29, 1.82) is 0 Å². The number of aliphatic carboxylic acids is 1. The summed E-state index contributed by atoms with van der Waals surface area (Å²) in [7, 11) is 0. The first kappa shape index (κ1) is 19.9. The first-order chi connectivity index (χ1) is 14.5. The maximum Gasteiger partial charge on any atom is 0.330 e. The highest BCUT2D eigenvalue weighted by Crippen LogP contribution is 2.34. The molecule has 0 bridgehead atoms. The molecule has 152 valence electrons. The van der Waals surface area contributed by atoms with Gasteiger partial charge in [0.05, 0.1) is 5.69 Å². The summed E-state index contributed by atoms with van der Waals surface area (Å²) in [6.45, 7) is 2.37. The average molecular weight is 421 g/mol. The zero-order chi connectivity index (χ0) is 21.1. The Labute approximate surface area is 180 Å². The van der Waals surface area contributed by atoms with Crippen LogP contribution in [0.25, 0.3) is 5.69 Å². The van der Waals surface area contributed by atoms with Gasteiger partial charge in [-0.3, -0.25) is 4.57 Å². The fourth-order valence-corrected chi connectivity index (χ4v) is 3.65. The molecule has 5 nitrogen and oxygen atoms in total. The monoisotopic (exact) mass is 420 g/mol. The van der Waals surface area contributed by atoms with Gasteiger partial charge in [-0.1, -0.05) is 54.1 Å². The first-order valence-electron chi connectivity index (χ1n) is 9.56. The number of carboxylic acid groups (broad SMARTS) is 1. The zero-order valence-corrected chi connectivity index (χ0v) is 17.2. The quantitative estimate of drug-likeness (QED) is 0.583. The topological polar surface area (TPSA) is 54.7 Å². The summed E-state index contributed by atoms with van der Waals surface area (Å²) in [5.74, 6) is 0.451. The summed E-state index contributed by atoms with van der Waals surface area (Å²) >= 11 is 6.32. The molecule has 0 saturated heterocycles. The summed E-state index contributed by atoms with van der Waals surface area (Å²) in [4.78, 5) is 13.5. The van der Waals surface area contributed by atoms with Gasteiger partial charge in [0.2, 0.25) is 0 Å². The van der Waals surface area contributed by atoms with Crippen LogP contribution < -0.4 is 9.64 Å². The Kier molecular flexibility index (Phi) is 5.63. The van der Waals surface area contributed by atoms with E-state index in [0.717, 1.165) is 16.9 Å². The number of halogens is 1. The molecule has 1 N–H and O–H groups in total. The minimum absolute atomic E-state index is 0.412. The molecule has 6 heteroatoms. The van der Waals surface area contributed by atoms with Crippen LogP contribution in [0.2, 0.25) is 5.02 Å². The molecule has 0 amide bonds. The molecule has 1 atom stereocenters. The predicted octanol–water partition coefficient (Wildman–Crippen LogP) is 5.36. The number of hydrogen-bond acceptors (Lipinski definition) is 3. The number of benzene rings is 2. The highest BCUT2D eigenvalue weighted by molar-refractivity contribution is 6.30. The Bertz CT molecular complexity index is 1120. The number of nitrogens with zero attached hydrogens (tertiary/aromatic N) is 2. The molecule has 4 rings (SSSR count). The Morgan fingerprint density at radius 2 is 1.90 bits per heavy atom. The summed E-state index contributed by atoms with van der Waals surface area (Å²) in [6.07, 6.45) is 6.97. The van der Waals surface area contributed by atoms with Crippen molar-refractivity contribution < 1.29 is 14.6 Å². The highest BCUT2D eigenvalue weighted by Gasteiger charge is 2.27. The van der Waals surface area contributed by atoms with Gasteiger partial charge in [0.15, 0.2) is 6.04 Å². The smallest absolute Gasteiger partial charge is 0.330 e. The van der Waals surface area contributed by atoms with Crippen molar-refractivity contribution in [3.63, 3.8) is 0 Å². The molecule has 1 aliphatic heterocycles. The summed E-state index contributed by atoms with van der Waals surface area (Å²) in [5, 5.41) is 10.2. The zero-order valence-electron chi connectivity index (χ0n) is 16.4. The lowest BCUT2D eigenvalue weighted by atomic mass is 10.2. The third kappa shape index (κ3) is 3.98. The minimum Gasteiger partial charge on any atom is -0.487 e. The molecule has 0 spiro atoms. The normalized spacial score (nSPS) is 15.4. The van der Waals surface area contributed by atoms with Gasteiger partial charge in [-0.25, -0.2) is 4.79 Å². The molecule has 3 aromatic rings. The lowest BCUT2D eigenvalue weighted by Crippen LogP contribution is -2.38. The maximum atomic E-state index is 11.8. The van der Waals surface area contributed by atoms with E-state index in [1.165, 1.54) is 0 Å². The van der Waals surface area contributed by atoms with Crippen molar-refractivity contribution in [1.82, 2.24) is 4.57 Å². The lowest BCUT2D eigenvalue weighted by molar-refractivity contribution is -0.137. The van der Waals surface area contributed by atoms with Crippen molar-refractivity contribution >= 4 is 23.4 Å². The van der Waals surface area contributed by atoms with Crippen molar-refractivity contribution in [3.05, 3.63) is 101 Å². The number of aromatic nitrogens is 1. The number of rotatable bonds is 6. The van der Waals surface area contributed by atoms with Gasteiger partial charge in [-0.15, -0.1) is 0 Å². The molecule has 1 aliphatic rings. The molecule has 0 aliphatic carbocycles. The number of hydrogen-bond donors (Lipinski definition) is 1. The van der Waals surface area contributed by atoms with Crippen molar-refractivity contribution in [2.24, 2.45) is 0 Å². The Balaban J connectivity index is 1.75. The minimum atomic E-state index is -0.923. The third-order valence-corrected chi connectivity index (χ3v) is 5.16. The highest BCUT2D eigenvalue weighted by atomic mass is 35.5. The van der Waals surface area contributed by atoms with Crippen LogP contribution in [0, 0.1) is 6.92 Å². The Morgan fingerprint density at radius 3 is 2.67 bits per heavy atom. The van der Waals surface area contributed by atoms with Gasteiger partial charge >= 0.3 is 5.97 Å². The predicted molar refractivity (Wildman–Crippen MR) is 118 cm³/mol. The molecule has 30 heavy (non-hydrogen) atoms. The summed E-state index contributed by atoms with van der Waals surface area (Å²) < 4.78 is 8.09. The van der Waals surface area contributed by atoms with Crippen LogP contribution >= 0.6 is 11.6 Å². The molecule has 1 unspecified atom stereocenters.